The largest absolute Gasteiger partial charge is 0.481 e. The van der Waals surface area contributed by atoms with Crippen molar-refractivity contribution in [3.05, 3.63) is 59.5 Å². The van der Waals surface area contributed by atoms with E-state index in [1.165, 1.54) is 0 Å². The maximum Gasteiger partial charge on any atom is 0.263 e. The Hall–Kier alpha value is -2.82. The average Bonchev–Trinajstić information content (AvgIpc) is 3.15. The number of piperidine rings is 1. The summed E-state index contributed by atoms with van der Waals surface area (Å²) in [6.45, 7) is 7.26. The lowest BCUT2D eigenvalue weighted by Gasteiger charge is -2.33. The van der Waals surface area contributed by atoms with E-state index in [-0.39, 0.29) is 11.8 Å². The third kappa shape index (κ3) is 3.61. The number of rotatable bonds is 4. The van der Waals surface area contributed by atoms with E-state index in [0.29, 0.717) is 6.54 Å². The Morgan fingerprint density at radius 2 is 2.04 bits per heavy atom. The maximum atomic E-state index is 13.0. The van der Waals surface area contributed by atoms with Gasteiger partial charge in [-0.05, 0) is 62.9 Å². The van der Waals surface area contributed by atoms with Crippen molar-refractivity contribution in [3.63, 3.8) is 0 Å². The maximum absolute atomic E-state index is 13.0. The number of nitrogens with zero attached hydrogens (tertiary/aromatic N) is 2. The molecule has 0 radical (unpaired) electrons. The number of aromatic nitrogens is 1. The monoisotopic (exact) mass is 378 g/mol. The third-order valence-electron chi connectivity index (χ3n) is 5.60. The molecule has 4 rings (SSSR count). The SMILES string of the molecule is Cc1cccc(O[C@H](C)C(=O)N2CCC[C@H](c3nc4ccccc4o3)C2)c1C. The van der Waals surface area contributed by atoms with Crippen LogP contribution in [-0.4, -0.2) is 35.0 Å². The highest BCUT2D eigenvalue weighted by atomic mass is 16.5. The Bertz CT molecular complexity index is 961. The van der Waals surface area contributed by atoms with Gasteiger partial charge in [-0.2, -0.15) is 0 Å². The van der Waals surface area contributed by atoms with E-state index < -0.39 is 6.10 Å². The molecule has 1 amide bonds. The molecule has 1 fully saturated rings. The summed E-state index contributed by atoms with van der Waals surface area (Å²) in [5.41, 5.74) is 3.90. The molecule has 28 heavy (non-hydrogen) atoms. The quantitative estimate of drug-likeness (QED) is 0.665. The second-order valence-corrected chi connectivity index (χ2v) is 7.60. The fourth-order valence-electron chi connectivity index (χ4n) is 3.79. The van der Waals surface area contributed by atoms with Crippen molar-refractivity contribution < 1.29 is 13.9 Å². The normalized spacial score (nSPS) is 18.2. The van der Waals surface area contributed by atoms with Crippen molar-refractivity contribution in [1.82, 2.24) is 9.88 Å². The number of fused-ring (bicyclic) bond motifs is 1. The Morgan fingerprint density at radius 1 is 1.21 bits per heavy atom. The number of amides is 1. The van der Waals surface area contributed by atoms with Crippen LogP contribution in [0.2, 0.25) is 0 Å². The van der Waals surface area contributed by atoms with E-state index >= 15 is 0 Å². The van der Waals surface area contributed by atoms with Gasteiger partial charge in [0.2, 0.25) is 0 Å². The molecule has 3 aromatic rings. The summed E-state index contributed by atoms with van der Waals surface area (Å²) in [7, 11) is 0. The number of carbonyl (C=O) groups is 1. The van der Waals surface area contributed by atoms with Gasteiger partial charge in [0.05, 0.1) is 5.92 Å². The van der Waals surface area contributed by atoms with Crippen molar-refractivity contribution in [2.75, 3.05) is 13.1 Å². The van der Waals surface area contributed by atoms with E-state index in [1.54, 1.807) is 0 Å². The fourth-order valence-corrected chi connectivity index (χ4v) is 3.79. The van der Waals surface area contributed by atoms with Crippen LogP contribution in [0, 0.1) is 13.8 Å². The molecule has 0 bridgehead atoms. The molecule has 2 heterocycles. The summed E-state index contributed by atoms with van der Waals surface area (Å²) in [4.78, 5) is 19.5. The number of ether oxygens (including phenoxy) is 1. The number of para-hydroxylation sites is 2. The van der Waals surface area contributed by atoms with Crippen molar-refractivity contribution in [2.24, 2.45) is 0 Å². The van der Waals surface area contributed by atoms with Gasteiger partial charge in [-0.1, -0.05) is 24.3 Å². The fraction of sp³-hybridized carbons (Fsp3) is 0.391. The van der Waals surface area contributed by atoms with Crippen LogP contribution >= 0.6 is 0 Å². The van der Waals surface area contributed by atoms with Crippen molar-refractivity contribution in [1.29, 1.82) is 0 Å². The van der Waals surface area contributed by atoms with Crippen LogP contribution in [0.25, 0.3) is 11.1 Å². The molecular weight excluding hydrogens is 352 g/mol. The first kappa shape index (κ1) is 18.5. The van der Waals surface area contributed by atoms with Gasteiger partial charge in [0.25, 0.3) is 5.91 Å². The van der Waals surface area contributed by atoms with Crippen LogP contribution in [0.3, 0.4) is 0 Å². The molecular formula is C23H26N2O3. The number of benzene rings is 2. The second-order valence-electron chi connectivity index (χ2n) is 7.60. The van der Waals surface area contributed by atoms with Crippen molar-refractivity contribution in [3.8, 4) is 5.75 Å². The number of oxazole rings is 1. The van der Waals surface area contributed by atoms with E-state index in [9.17, 15) is 4.79 Å². The molecule has 1 aliphatic heterocycles. The van der Waals surface area contributed by atoms with Gasteiger partial charge in [0, 0.05) is 13.1 Å². The lowest BCUT2D eigenvalue weighted by atomic mass is 9.97. The first-order chi connectivity index (χ1) is 13.5. The molecule has 2 atom stereocenters. The zero-order valence-corrected chi connectivity index (χ0v) is 16.6. The molecule has 0 aliphatic carbocycles. The Balaban J connectivity index is 1.46. The second kappa shape index (κ2) is 7.66. The van der Waals surface area contributed by atoms with Gasteiger partial charge in [-0.25, -0.2) is 4.98 Å². The lowest BCUT2D eigenvalue weighted by molar-refractivity contribution is -0.139. The van der Waals surface area contributed by atoms with Gasteiger partial charge in [-0.3, -0.25) is 4.79 Å². The Morgan fingerprint density at radius 3 is 2.86 bits per heavy atom. The summed E-state index contributed by atoms with van der Waals surface area (Å²) >= 11 is 0. The molecule has 1 aliphatic rings. The van der Waals surface area contributed by atoms with Crippen LogP contribution in [0.1, 0.15) is 42.7 Å². The van der Waals surface area contributed by atoms with Gasteiger partial charge in [0.15, 0.2) is 17.6 Å². The first-order valence-electron chi connectivity index (χ1n) is 9.90. The predicted octanol–water partition coefficient (Wildman–Crippen LogP) is 4.62. The summed E-state index contributed by atoms with van der Waals surface area (Å²) < 4.78 is 11.9. The van der Waals surface area contributed by atoms with Crippen LogP contribution in [0.4, 0.5) is 0 Å². The molecule has 0 unspecified atom stereocenters. The van der Waals surface area contributed by atoms with Crippen LogP contribution in [-0.2, 0) is 4.79 Å². The van der Waals surface area contributed by atoms with E-state index in [0.717, 1.165) is 53.3 Å². The standard InChI is InChI=1S/C23H26N2O3/c1-15-8-6-12-20(16(15)2)27-17(3)23(26)25-13-7-9-18(14-25)22-24-19-10-4-5-11-21(19)28-22/h4-6,8,10-12,17-18H,7,9,13-14H2,1-3H3/t17-,18+/m1/s1. The van der Waals surface area contributed by atoms with Crippen LogP contribution in [0.15, 0.2) is 46.9 Å². The van der Waals surface area contributed by atoms with Crippen molar-refractivity contribution in [2.45, 2.75) is 45.6 Å². The molecule has 0 spiro atoms. The summed E-state index contributed by atoms with van der Waals surface area (Å²) in [5, 5.41) is 0. The number of hydrogen-bond acceptors (Lipinski definition) is 4. The molecule has 1 aromatic heterocycles. The summed E-state index contributed by atoms with van der Waals surface area (Å²) in [6, 6.07) is 13.7. The van der Waals surface area contributed by atoms with Gasteiger partial charge < -0.3 is 14.1 Å². The zero-order chi connectivity index (χ0) is 19.7. The highest BCUT2D eigenvalue weighted by Crippen LogP contribution is 2.30. The topological polar surface area (TPSA) is 55.6 Å². The molecule has 1 saturated heterocycles. The predicted molar refractivity (Wildman–Crippen MR) is 109 cm³/mol. The molecule has 2 aromatic carbocycles. The summed E-state index contributed by atoms with van der Waals surface area (Å²) in [6.07, 6.45) is 1.39. The molecule has 146 valence electrons. The number of aryl methyl sites for hydroxylation is 1. The first-order valence-corrected chi connectivity index (χ1v) is 9.90. The Kier molecular flexibility index (Phi) is 5.07. The van der Waals surface area contributed by atoms with Gasteiger partial charge >= 0.3 is 0 Å². The van der Waals surface area contributed by atoms with E-state index in [4.69, 9.17) is 9.15 Å². The molecule has 5 heteroatoms. The third-order valence-corrected chi connectivity index (χ3v) is 5.60. The molecule has 0 saturated carbocycles. The minimum Gasteiger partial charge on any atom is -0.481 e. The van der Waals surface area contributed by atoms with Crippen LogP contribution < -0.4 is 4.74 Å². The highest BCUT2D eigenvalue weighted by molar-refractivity contribution is 5.81. The van der Waals surface area contributed by atoms with Gasteiger partial charge in [0.1, 0.15) is 11.3 Å². The summed E-state index contributed by atoms with van der Waals surface area (Å²) in [5.74, 6) is 1.63. The minimum atomic E-state index is -0.525. The van der Waals surface area contributed by atoms with E-state index in [2.05, 4.69) is 4.98 Å². The number of hydrogen-bond donors (Lipinski definition) is 0. The van der Waals surface area contributed by atoms with Crippen molar-refractivity contribution >= 4 is 17.0 Å². The van der Waals surface area contributed by atoms with E-state index in [1.807, 2.05) is 68.1 Å². The number of likely N-dealkylation sites (tertiary alicyclic amines) is 1. The smallest absolute Gasteiger partial charge is 0.263 e. The average molecular weight is 378 g/mol. The zero-order valence-electron chi connectivity index (χ0n) is 16.6. The molecule has 0 N–H and O–H groups in total. The van der Waals surface area contributed by atoms with Crippen LogP contribution in [0.5, 0.6) is 5.75 Å². The Labute approximate surface area is 165 Å². The highest BCUT2D eigenvalue weighted by Gasteiger charge is 2.31. The lowest BCUT2D eigenvalue weighted by Crippen LogP contribution is -2.45. The van der Waals surface area contributed by atoms with Gasteiger partial charge in [-0.15, -0.1) is 0 Å². The minimum absolute atomic E-state index is 0.0155. The molecule has 5 nitrogen and oxygen atoms in total. The number of carbonyl (C=O) groups excluding carboxylic acids is 1.